The van der Waals surface area contributed by atoms with Crippen LogP contribution in [-0.2, 0) is 16.6 Å². The Kier molecular flexibility index (Phi) is 7.19. The molecule has 0 aliphatic rings. The predicted octanol–water partition coefficient (Wildman–Crippen LogP) is 2.77. The lowest BCUT2D eigenvalue weighted by Crippen LogP contribution is -2.33. The summed E-state index contributed by atoms with van der Waals surface area (Å²) in [6.45, 7) is 5.18. The lowest BCUT2D eigenvalue weighted by atomic mass is 10.2. The van der Waals surface area contributed by atoms with Gasteiger partial charge in [-0.2, -0.15) is 4.31 Å². The molecule has 0 saturated carbocycles. The maximum Gasteiger partial charge on any atom is 0.243 e. The van der Waals surface area contributed by atoms with Crippen molar-refractivity contribution in [3.05, 3.63) is 29.8 Å². The van der Waals surface area contributed by atoms with E-state index in [0.717, 1.165) is 31.2 Å². The van der Waals surface area contributed by atoms with Crippen molar-refractivity contribution in [1.82, 2.24) is 4.31 Å². The highest BCUT2D eigenvalue weighted by Crippen LogP contribution is 2.18. The Morgan fingerprint density at radius 1 is 1.00 bits per heavy atom. The second-order valence-electron chi connectivity index (χ2n) is 4.91. The highest BCUT2D eigenvalue weighted by molar-refractivity contribution is 7.89. The largest absolute Gasteiger partial charge is 0.392 e. The van der Waals surface area contributed by atoms with Gasteiger partial charge in [0, 0.05) is 13.1 Å². The molecular weight excluding hydrogens is 274 g/mol. The summed E-state index contributed by atoms with van der Waals surface area (Å²) in [6, 6.07) is 6.47. The van der Waals surface area contributed by atoms with E-state index in [9.17, 15) is 8.42 Å². The van der Waals surface area contributed by atoms with Gasteiger partial charge in [-0.25, -0.2) is 8.42 Å². The molecule has 20 heavy (non-hydrogen) atoms. The molecule has 0 atom stereocenters. The smallest absolute Gasteiger partial charge is 0.243 e. The first-order valence-electron chi connectivity index (χ1n) is 7.26. The number of hydrogen-bond donors (Lipinski definition) is 1. The predicted molar refractivity (Wildman–Crippen MR) is 80.9 cm³/mol. The molecule has 0 bridgehead atoms. The molecule has 4 nitrogen and oxygen atoms in total. The molecule has 1 rings (SSSR count). The molecule has 0 amide bonds. The molecule has 1 N–H and O–H groups in total. The van der Waals surface area contributed by atoms with E-state index >= 15 is 0 Å². The molecule has 1 aromatic carbocycles. The Labute approximate surface area is 122 Å². The molecular formula is C15H25NO3S. The minimum atomic E-state index is -3.42. The highest BCUT2D eigenvalue weighted by Gasteiger charge is 2.23. The molecule has 5 heteroatoms. The van der Waals surface area contributed by atoms with Crippen molar-refractivity contribution in [2.45, 2.75) is 51.0 Å². The van der Waals surface area contributed by atoms with Gasteiger partial charge in [-0.1, -0.05) is 38.8 Å². The van der Waals surface area contributed by atoms with Crippen LogP contribution >= 0.6 is 0 Å². The number of unbranched alkanes of at least 4 members (excludes halogenated alkanes) is 2. The van der Waals surface area contributed by atoms with E-state index in [-0.39, 0.29) is 6.61 Å². The quantitative estimate of drug-likeness (QED) is 0.763. The van der Waals surface area contributed by atoms with E-state index in [0.29, 0.717) is 18.0 Å². The van der Waals surface area contributed by atoms with Gasteiger partial charge >= 0.3 is 0 Å². The van der Waals surface area contributed by atoms with Crippen LogP contribution in [0, 0.1) is 0 Å². The zero-order valence-electron chi connectivity index (χ0n) is 12.4. The number of nitrogens with zero attached hydrogens (tertiary/aromatic N) is 1. The van der Waals surface area contributed by atoms with Crippen molar-refractivity contribution < 1.29 is 13.5 Å². The second-order valence-corrected chi connectivity index (χ2v) is 6.85. The fourth-order valence-corrected chi connectivity index (χ4v) is 3.45. The van der Waals surface area contributed by atoms with Crippen LogP contribution in [0.3, 0.4) is 0 Å². The zero-order valence-corrected chi connectivity index (χ0v) is 13.2. The molecule has 0 spiro atoms. The average Bonchev–Trinajstić information content (AvgIpc) is 2.47. The molecule has 0 radical (unpaired) electrons. The zero-order chi connectivity index (χ0) is 15.0. The summed E-state index contributed by atoms with van der Waals surface area (Å²) in [5.41, 5.74) is 0.720. The van der Waals surface area contributed by atoms with E-state index < -0.39 is 10.0 Å². The van der Waals surface area contributed by atoms with Crippen molar-refractivity contribution in [3.63, 3.8) is 0 Å². The van der Waals surface area contributed by atoms with Crippen molar-refractivity contribution in [2.75, 3.05) is 13.1 Å². The van der Waals surface area contributed by atoms with Crippen LogP contribution in [0.25, 0.3) is 0 Å². The van der Waals surface area contributed by atoms with Crippen molar-refractivity contribution in [1.29, 1.82) is 0 Å². The first-order chi connectivity index (χ1) is 9.56. The monoisotopic (exact) mass is 299 g/mol. The minimum Gasteiger partial charge on any atom is -0.392 e. The molecule has 0 unspecified atom stereocenters. The first kappa shape index (κ1) is 17.1. The van der Waals surface area contributed by atoms with Gasteiger partial charge in [-0.05, 0) is 30.5 Å². The van der Waals surface area contributed by atoms with E-state index in [1.54, 1.807) is 28.6 Å². The summed E-state index contributed by atoms with van der Waals surface area (Å²) >= 11 is 0. The molecule has 0 aromatic heterocycles. The summed E-state index contributed by atoms with van der Waals surface area (Å²) in [6.07, 6.45) is 3.69. The van der Waals surface area contributed by atoms with Gasteiger partial charge in [-0.15, -0.1) is 0 Å². The Hall–Kier alpha value is -0.910. The van der Waals surface area contributed by atoms with Gasteiger partial charge in [0.2, 0.25) is 10.0 Å². The van der Waals surface area contributed by atoms with Gasteiger partial charge < -0.3 is 5.11 Å². The van der Waals surface area contributed by atoms with Gasteiger partial charge in [0.05, 0.1) is 11.5 Å². The lowest BCUT2D eigenvalue weighted by Gasteiger charge is -2.22. The number of hydrogen-bond acceptors (Lipinski definition) is 3. The summed E-state index contributed by atoms with van der Waals surface area (Å²) in [7, 11) is -3.42. The SMILES string of the molecule is CCCCN(CCCC)S(=O)(=O)c1ccc(CO)cc1. The summed E-state index contributed by atoms with van der Waals surface area (Å²) in [5, 5.41) is 9.01. The molecule has 0 heterocycles. The third-order valence-corrected chi connectivity index (χ3v) is 5.18. The molecule has 0 aliphatic carbocycles. The van der Waals surface area contributed by atoms with Crippen LogP contribution in [-0.4, -0.2) is 30.9 Å². The normalized spacial score (nSPS) is 12.0. The third-order valence-electron chi connectivity index (χ3n) is 3.27. The number of benzene rings is 1. The summed E-state index contributed by atoms with van der Waals surface area (Å²) in [5.74, 6) is 0. The molecule has 1 aromatic rings. The van der Waals surface area contributed by atoms with Crippen molar-refractivity contribution >= 4 is 10.0 Å². The maximum atomic E-state index is 12.6. The van der Waals surface area contributed by atoms with Gasteiger partial charge in [0.15, 0.2) is 0 Å². The van der Waals surface area contributed by atoms with Crippen molar-refractivity contribution in [3.8, 4) is 0 Å². The maximum absolute atomic E-state index is 12.6. The Morgan fingerprint density at radius 3 is 1.90 bits per heavy atom. The number of aliphatic hydroxyl groups excluding tert-OH is 1. The standard InChI is InChI=1S/C15H25NO3S/c1-3-5-11-16(12-6-4-2)20(18,19)15-9-7-14(13-17)8-10-15/h7-10,17H,3-6,11-13H2,1-2H3. The van der Waals surface area contributed by atoms with Crippen LogP contribution in [0.15, 0.2) is 29.2 Å². The molecule has 0 aliphatic heterocycles. The van der Waals surface area contributed by atoms with Gasteiger partial charge in [0.25, 0.3) is 0 Å². The van der Waals surface area contributed by atoms with E-state index in [4.69, 9.17) is 5.11 Å². The fourth-order valence-electron chi connectivity index (χ4n) is 1.94. The molecule has 114 valence electrons. The third kappa shape index (κ3) is 4.58. The molecule has 0 fully saturated rings. The van der Waals surface area contributed by atoms with Crippen LogP contribution in [0.1, 0.15) is 45.1 Å². The van der Waals surface area contributed by atoms with E-state index in [1.165, 1.54) is 0 Å². The second kappa shape index (κ2) is 8.39. The minimum absolute atomic E-state index is 0.0737. The van der Waals surface area contributed by atoms with E-state index in [2.05, 4.69) is 13.8 Å². The first-order valence-corrected chi connectivity index (χ1v) is 8.70. The van der Waals surface area contributed by atoms with Gasteiger partial charge in [-0.3, -0.25) is 0 Å². The fraction of sp³-hybridized carbons (Fsp3) is 0.600. The summed E-state index contributed by atoms with van der Waals surface area (Å²) < 4.78 is 26.8. The van der Waals surface area contributed by atoms with Crippen LogP contribution in [0.5, 0.6) is 0 Å². The van der Waals surface area contributed by atoms with E-state index in [1.807, 2.05) is 0 Å². The Balaban J connectivity index is 2.94. The highest BCUT2D eigenvalue weighted by atomic mass is 32.2. The Bertz CT molecular complexity index is 474. The Morgan fingerprint density at radius 2 is 1.50 bits per heavy atom. The topological polar surface area (TPSA) is 57.6 Å². The number of aliphatic hydroxyl groups is 1. The van der Waals surface area contributed by atoms with Crippen LogP contribution in [0.2, 0.25) is 0 Å². The van der Waals surface area contributed by atoms with Gasteiger partial charge in [0.1, 0.15) is 0 Å². The van der Waals surface area contributed by atoms with Crippen molar-refractivity contribution in [2.24, 2.45) is 0 Å². The average molecular weight is 299 g/mol. The van der Waals surface area contributed by atoms with Crippen LogP contribution in [0.4, 0.5) is 0 Å². The summed E-state index contributed by atoms with van der Waals surface area (Å²) in [4.78, 5) is 0.307. The molecule has 0 saturated heterocycles. The number of sulfonamides is 1. The lowest BCUT2D eigenvalue weighted by molar-refractivity contribution is 0.281. The van der Waals surface area contributed by atoms with Crippen LogP contribution < -0.4 is 0 Å². The number of rotatable bonds is 9.